The summed E-state index contributed by atoms with van der Waals surface area (Å²) in [6, 6.07) is 14.3. The van der Waals surface area contributed by atoms with Crippen molar-refractivity contribution >= 4 is 28.3 Å². The first kappa shape index (κ1) is 12.6. The summed E-state index contributed by atoms with van der Waals surface area (Å²) in [5, 5.41) is 0. The molecule has 2 aromatic rings. The van der Waals surface area contributed by atoms with Crippen molar-refractivity contribution in [1.29, 1.82) is 0 Å². The monoisotopic (exact) mass is 262 g/mol. The minimum Gasteiger partial charge on any atom is -0.397 e. The molecular weight excluding hydrogens is 248 g/mol. The van der Waals surface area contributed by atoms with E-state index < -0.39 is 11.3 Å². The van der Waals surface area contributed by atoms with Crippen LogP contribution in [-0.2, 0) is 11.3 Å². The maximum atomic E-state index is 11.5. The first-order valence-corrected chi connectivity index (χ1v) is 6.48. The maximum Gasteiger partial charge on any atom is 0.266 e. The Bertz CT molecular complexity index is 587. The molecule has 0 aromatic heterocycles. The van der Waals surface area contributed by atoms with Gasteiger partial charge >= 0.3 is 0 Å². The second kappa shape index (κ2) is 5.20. The zero-order valence-electron chi connectivity index (χ0n) is 9.91. The van der Waals surface area contributed by atoms with Crippen LogP contribution >= 0.6 is 0 Å². The molecule has 2 rings (SSSR count). The molecular formula is C13H14N2O2S. The van der Waals surface area contributed by atoms with Crippen molar-refractivity contribution in [3.8, 4) is 0 Å². The van der Waals surface area contributed by atoms with Crippen LogP contribution in [0.15, 0.2) is 48.5 Å². The lowest BCUT2D eigenvalue weighted by molar-refractivity contribution is 0.564. The summed E-state index contributed by atoms with van der Waals surface area (Å²) in [4.78, 5) is 0. The Balaban J connectivity index is 2.54. The number of benzene rings is 2. The molecule has 18 heavy (non-hydrogen) atoms. The summed E-state index contributed by atoms with van der Waals surface area (Å²) in [5.74, 6) is 0. The van der Waals surface area contributed by atoms with Crippen LogP contribution in [0.3, 0.4) is 0 Å². The van der Waals surface area contributed by atoms with Crippen LogP contribution in [0.2, 0.25) is 0 Å². The fourth-order valence-corrected chi connectivity index (χ4v) is 2.37. The van der Waals surface area contributed by atoms with E-state index in [1.165, 1.54) is 4.31 Å². The van der Waals surface area contributed by atoms with E-state index in [4.69, 9.17) is 5.73 Å². The van der Waals surface area contributed by atoms with Gasteiger partial charge < -0.3 is 5.73 Å². The molecule has 0 saturated carbocycles. The summed E-state index contributed by atoms with van der Waals surface area (Å²) in [5.41, 5.74) is 8.47. The normalized spacial score (nSPS) is 12.1. The van der Waals surface area contributed by atoms with E-state index in [1.807, 2.05) is 25.1 Å². The predicted octanol–water partition coefficient (Wildman–Crippen LogP) is 2.85. The van der Waals surface area contributed by atoms with Gasteiger partial charge in [-0.1, -0.05) is 24.3 Å². The summed E-state index contributed by atoms with van der Waals surface area (Å²) >= 11 is -2.17. The lowest BCUT2D eigenvalue weighted by Crippen LogP contribution is -2.20. The third-order valence-electron chi connectivity index (χ3n) is 2.55. The molecule has 0 aliphatic heterocycles. The Kier molecular flexibility index (Phi) is 3.64. The third-order valence-corrected chi connectivity index (χ3v) is 3.27. The zero-order chi connectivity index (χ0) is 13.1. The Morgan fingerprint density at radius 2 is 1.89 bits per heavy atom. The maximum absolute atomic E-state index is 11.5. The minimum absolute atomic E-state index is 0.460. The van der Waals surface area contributed by atoms with Gasteiger partial charge in [-0.05, 0) is 36.8 Å². The molecule has 0 heterocycles. The van der Waals surface area contributed by atoms with Gasteiger partial charge in [0.2, 0.25) is 0 Å². The van der Waals surface area contributed by atoms with E-state index in [9.17, 15) is 8.76 Å². The van der Waals surface area contributed by atoms with Crippen LogP contribution in [0.4, 0.5) is 17.1 Å². The number of nitrogens with zero attached hydrogens (tertiary/aromatic N) is 1. The topological polar surface area (TPSA) is 66.6 Å². The van der Waals surface area contributed by atoms with Crippen molar-refractivity contribution < 1.29 is 8.76 Å². The molecule has 0 bridgehead atoms. The van der Waals surface area contributed by atoms with Crippen molar-refractivity contribution in [3.05, 3.63) is 54.1 Å². The first-order chi connectivity index (χ1) is 8.59. The van der Waals surface area contributed by atoms with E-state index >= 15 is 0 Å². The average Bonchev–Trinajstić information content (AvgIpc) is 2.32. The molecule has 2 aromatic carbocycles. The summed E-state index contributed by atoms with van der Waals surface area (Å²) < 4.78 is 22.3. The fraction of sp³-hybridized carbons (Fsp3) is 0.0769. The van der Waals surface area contributed by atoms with Crippen molar-refractivity contribution in [1.82, 2.24) is 0 Å². The molecule has 0 spiro atoms. The number of aryl methyl sites for hydroxylation is 1. The SMILES string of the molecule is Cc1cccc(N(c2ccccc2N)S(=O)O)c1. The zero-order valence-corrected chi connectivity index (χ0v) is 10.7. The van der Waals surface area contributed by atoms with Gasteiger partial charge in [-0.3, -0.25) is 4.55 Å². The summed E-state index contributed by atoms with van der Waals surface area (Å²) in [6.07, 6.45) is 0. The van der Waals surface area contributed by atoms with Gasteiger partial charge in [0.05, 0.1) is 17.1 Å². The Morgan fingerprint density at radius 3 is 2.50 bits per heavy atom. The second-order valence-corrected chi connectivity index (χ2v) is 4.75. The number of hydrogen-bond acceptors (Lipinski definition) is 2. The second-order valence-electron chi connectivity index (χ2n) is 3.92. The molecule has 0 radical (unpaired) electrons. The first-order valence-electron chi connectivity index (χ1n) is 5.42. The number of hydrogen-bond donors (Lipinski definition) is 2. The predicted molar refractivity (Wildman–Crippen MR) is 74.9 cm³/mol. The molecule has 0 aliphatic rings. The minimum atomic E-state index is -2.17. The number of para-hydroxylation sites is 2. The van der Waals surface area contributed by atoms with Crippen LogP contribution in [0.1, 0.15) is 5.56 Å². The number of anilines is 3. The van der Waals surface area contributed by atoms with Crippen molar-refractivity contribution in [2.24, 2.45) is 0 Å². The molecule has 4 nitrogen and oxygen atoms in total. The summed E-state index contributed by atoms with van der Waals surface area (Å²) in [7, 11) is 0. The summed E-state index contributed by atoms with van der Waals surface area (Å²) in [6.45, 7) is 1.93. The lowest BCUT2D eigenvalue weighted by Gasteiger charge is -2.21. The largest absolute Gasteiger partial charge is 0.397 e. The van der Waals surface area contributed by atoms with E-state index in [0.717, 1.165) is 5.56 Å². The standard InChI is InChI=1S/C13H14N2O2S/c1-10-5-4-6-11(9-10)15(18(16)17)13-8-3-2-7-12(13)14/h2-9H,14H2,1H3,(H,16,17). The highest BCUT2D eigenvalue weighted by Gasteiger charge is 2.17. The molecule has 0 amide bonds. The lowest BCUT2D eigenvalue weighted by atomic mass is 10.2. The van der Waals surface area contributed by atoms with Gasteiger partial charge in [0.15, 0.2) is 0 Å². The van der Waals surface area contributed by atoms with E-state index in [2.05, 4.69) is 0 Å². The van der Waals surface area contributed by atoms with Crippen molar-refractivity contribution in [3.63, 3.8) is 0 Å². The van der Waals surface area contributed by atoms with Gasteiger partial charge in [0.1, 0.15) is 0 Å². The van der Waals surface area contributed by atoms with Gasteiger partial charge in [0, 0.05) is 0 Å². The van der Waals surface area contributed by atoms with Crippen LogP contribution < -0.4 is 10.0 Å². The van der Waals surface area contributed by atoms with Gasteiger partial charge in [-0.25, -0.2) is 8.51 Å². The quantitative estimate of drug-likeness (QED) is 0.660. The van der Waals surface area contributed by atoms with E-state index in [0.29, 0.717) is 17.1 Å². The Labute approximate surface area is 108 Å². The Hall–Kier alpha value is -1.85. The average molecular weight is 262 g/mol. The van der Waals surface area contributed by atoms with Gasteiger partial charge in [-0.2, -0.15) is 0 Å². The highest BCUT2D eigenvalue weighted by atomic mass is 32.2. The molecule has 3 N–H and O–H groups in total. The number of nitrogens with two attached hydrogens (primary N) is 1. The molecule has 0 saturated heterocycles. The Morgan fingerprint density at radius 1 is 1.17 bits per heavy atom. The third kappa shape index (κ3) is 2.52. The smallest absolute Gasteiger partial charge is 0.266 e. The number of rotatable bonds is 3. The highest BCUT2D eigenvalue weighted by molar-refractivity contribution is 7.81. The van der Waals surface area contributed by atoms with Crippen LogP contribution in [0.5, 0.6) is 0 Å². The van der Waals surface area contributed by atoms with Gasteiger partial charge in [0.25, 0.3) is 11.3 Å². The van der Waals surface area contributed by atoms with Crippen molar-refractivity contribution in [2.75, 3.05) is 10.0 Å². The molecule has 1 atom stereocenters. The van der Waals surface area contributed by atoms with Crippen LogP contribution in [-0.4, -0.2) is 8.76 Å². The fourth-order valence-electron chi connectivity index (χ4n) is 1.74. The highest BCUT2D eigenvalue weighted by Crippen LogP contribution is 2.31. The molecule has 1 unspecified atom stereocenters. The molecule has 5 heteroatoms. The van der Waals surface area contributed by atoms with Crippen LogP contribution in [0, 0.1) is 6.92 Å². The molecule has 94 valence electrons. The molecule has 0 fully saturated rings. The van der Waals surface area contributed by atoms with Crippen LogP contribution in [0.25, 0.3) is 0 Å². The van der Waals surface area contributed by atoms with Crippen molar-refractivity contribution in [2.45, 2.75) is 6.92 Å². The number of nitrogen functional groups attached to an aromatic ring is 1. The van der Waals surface area contributed by atoms with E-state index in [1.54, 1.807) is 30.3 Å². The molecule has 0 aliphatic carbocycles. The van der Waals surface area contributed by atoms with E-state index in [-0.39, 0.29) is 0 Å². The van der Waals surface area contributed by atoms with Gasteiger partial charge in [-0.15, -0.1) is 0 Å².